The number of aryl methyl sites for hydroxylation is 2. The van der Waals surface area contributed by atoms with Gasteiger partial charge in [-0.3, -0.25) is 4.79 Å². The molecule has 0 radical (unpaired) electrons. The van der Waals surface area contributed by atoms with Crippen molar-refractivity contribution < 1.29 is 19.4 Å². The van der Waals surface area contributed by atoms with Gasteiger partial charge in [0.05, 0.1) is 17.3 Å². The van der Waals surface area contributed by atoms with Crippen molar-refractivity contribution in [3.63, 3.8) is 0 Å². The number of hydrogen-bond acceptors (Lipinski definition) is 5. The predicted octanol–water partition coefficient (Wildman–Crippen LogP) is 3.70. The zero-order valence-corrected chi connectivity index (χ0v) is 16.5. The zero-order chi connectivity index (χ0) is 19.1. The number of carbonyl (C=O) groups excluding carboxylic acids is 1. The second kappa shape index (κ2) is 9.24. The van der Waals surface area contributed by atoms with Crippen molar-refractivity contribution in [3.05, 3.63) is 51.5 Å². The Kier molecular flexibility index (Phi) is 7.03. The number of nitrogens with zero attached hydrogens (tertiary/aromatic N) is 1. The number of phenols is 1. The summed E-state index contributed by atoms with van der Waals surface area (Å²) in [6.07, 6.45) is 1.46. The number of hydrogen-bond donors (Lipinski definition) is 2. The number of phenolic OH excluding ortho intramolecular Hbond substituents is 1. The lowest BCUT2D eigenvalue weighted by atomic mass is 10.1. The monoisotopic (exact) mass is 420 g/mol. The summed E-state index contributed by atoms with van der Waals surface area (Å²) in [5.74, 6) is 0.699. The van der Waals surface area contributed by atoms with Gasteiger partial charge in [-0.1, -0.05) is 18.2 Å². The third-order valence-corrected chi connectivity index (χ3v) is 4.11. The Labute approximate surface area is 161 Å². The molecule has 0 spiro atoms. The molecule has 2 aromatic carbocycles. The molecule has 0 aliphatic rings. The summed E-state index contributed by atoms with van der Waals surface area (Å²) in [7, 11) is 0. The summed E-state index contributed by atoms with van der Waals surface area (Å²) in [6, 6.07) is 9.09. The van der Waals surface area contributed by atoms with Crippen LogP contribution >= 0.6 is 15.9 Å². The van der Waals surface area contributed by atoms with Crippen molar-refractivity contribution in [3.8, 4) is 17.2 Å². The first kappa shape index (κ1) is 19.8. The molecule has 0 aromatic heterocycles. The van der Waals surface area contributed by atoms with E-state index in [2.05, 4.69) is 26.5 Å². The van der Waals surface area contributed by atoms with E-state index in [1.54, 1.807) is 12.1 Å². The Hall–Kier alpha value is -2.54. The summed E-state index contributed by atoms with van der Waals surface area (Å²) in [5, 5.41) is 13.8. The maximum atomic E-state index is 11.9. The Morgan fingerprint density at radius 1 is 1.27 bits per heavy atom. The number of benzene rings is 2. The molecule has 0 saturated heterocycles. The molecule has 7 heteroatoms. The Balaban J connectivity index is 1.95. The molecule has 0 saturated carbocycles. The van der Waals surface area contributed by atoms with Crippen LogP contribution in [0.25, 0.3) is 0 Å². The smallest absolute Gasteiger partial charge is 0.277 e. The van der Waals surface area contributed by atoms with Crippen LogP contribution in [0, 0.1) is 13.8 Å². The van der Waals surface area contributed by atoms with Crippen molar-refractivity contribution in [2.75, 3.05) is 13.2 Å². The summed E-state index contributed by atoms with van der Waals surface area (Å²) in [6.45, 7) is 5.97. The van der Waals surface area contributed by atoms with Crippen LogP contribution in [-0.2, 0) is 4.79 Å². The molecule has 2 rings (SSSR count). The van der Waals surface area contributed by atoms with E-state index in [1.165, 1.54) is 6.21 Å². The van der Waals surface area contributed by atoms with E-state index < -0.39 is 0 Å². The van der Waals surface area contributed by atoms with Crippen LogP contribution in [0.15, 0.2) is 39.9 Å². The van der Waals surface area contributed by atoms with E-state index in [4.69, 9.17) is 9.47 Å². The van der Waals surface area contributed by atoms with Crippen LogP contribution in [0.4, 0.5) is 0 Å². The van der Waals surface area contributed by atoms with Crippen molar-refractivity contribution in [2.24, 2.45) is 5.10 Å². The number of para-hydroxylation sites is 1. The highest BCUT2D eigenvalue weighted by Gasteiger charge is 2.09. The van der Waals surface area contributed by atoms with Gasteiger partial charge in [0.25, 0.3) is 5.91 Å². The van der Waals surface area contributed by atoms with Crippen molar-refractivity contribution >= 4 is 28.1 Å². The van der Waals surface area contributed by atoms with Crippen LogP contribution in [0.1, 0.15) is 23.6 Å². The van der Waals surface area contributed by atoms with Gasteiger partial charge in [-0.25, -0.2) is 5.43 Å². The van der Waals surface area contributed by atoms with Crippen LogP contribution in [-0.4, -0.2) is 30.4 Å². The molecular formula is C19H21BrN2O4. The third-order valence-electron chi connectivity index (χ3n) is 3.51. The molecule has 0 aliphatic carbocycles. The van der Waals surface area contributed by atoms with Gasteiger partial charge in [-0.2, -0.15) is 5.10 Å². The first-order valence-electron chi connectivity index (χ1n) is 8.08. The zero-order valence-electron chi connectivity index (χ0n) is 14.9. The van der Waals surface area contributed by atoms with E-state index in [9.17, 15) is 9.90 Å². The fourth-order valence-corrected chi connectivity index (χ4v) is 2.77. The fourth-order valence-electron chi connectivity index (χ4n) is 2.31. The second-order valence-electron chi connectivity index (χ2n) is 5.59. The SMILES string of the molecule is CCOc1cc(/C=N/NC(=O)COc2c(C)cccc2C)cc(Br)c1O. The molecule has 138 valence electrons. The van der Waals surface area contributed by atoms with Gasteiger partial charge in [-0.05, 0) is 65.5 Å². The van der Waals surface area contributed by atoms with Gasteiger partial charge in [0.1, 0.15) is 5.75 Å². The van der Waals surface area contributed by atoms with Crippen molar-refractivity contribution in [1.29, 1.82) is 0 Å². The average Bonchev–Trinajstić information content (AvgIpc) is 2.59. The second-order valence-corrected chi connectivity index (χ2v) is 6.44. The molecule has 2 N–H and O–H groups in total. The lowest BCUT2D eigenvalue weighted by molar-refractivity contribution is -0.123. The quantitative estimate of drug-likeness (QED) is 0.528. The van der Waals surface area contributed by atoms with Gasteiger partial charge in [-0.15, -0.1) is 0 Å². The summed E-state index contributed by atoms with van der Waals surface area (Å²) in [5.41, 5.74) is 5.02. The molecule has 0 unspecified atom stereocenters. The van der Waals surface area contributed by atoms with Gasteiger partial charge >= 0.3 is 0 Å². The summed E-state index contributed by atoms with van der Waals surface area (Å²) in [4.78, 5) is 11.9. The molecule has 1 amide bonds. The number of amides is 1. The molecule has 0 bridgehead atoms. The Morgan fingerprint density at radius 3 is 2.62 bits per heavy atom. The Bertz CT molecular complexity index is 801. The van der Waals surface area contributed by atoms with Crippen LogP contribution in [0.5, 0.6) is 17.2 Å². The normalized spacial score (nSPS) is 10.8. The average molecular weight is 421 g/mol. The van der Waals surface area contributed by atoms with Crippen LogP contribution in [0.2, 0.25) is 0 Å². The van der Waals surface area contributed by atoms with E-state index >= 15 is 0 Å². The van der Waals surface area contributed by atoms with E-state index in [1.807, 2.05) is 39.0 Å². The number of aromatic hydroxyl groups is 1. The summed E-state index contributed by atoms with van der Waals surface area (Å²) >= 11 is 3.25. The topological polar surface area (TPSA) is 80.2 Å². The maximum absolute atomic E-state index is 11.9. The fraction of sp³-hybridized carbons (Fsp3) is 0.263. The molecular weight excluding hydrogens is 400 g/mol. The van der Waals surface area contributed by atoms with Gasteiger partial charge in [0.15, 0.2) is 18.1 Å². The maximum Gasteiger partial charge on any atom is 0.277 e. The highest BCUT2D eigenvalue weighted by Crippen LogP contribution is 2.35. The van der Waals surface area contributed by atoms with Gasteiger partial charge in [0.2, 0.25) is 0 Å². The number of halogens is 1. The lowest BCUT2D eigenvalue weighted by Gasteiger charge is -2.10. The minimum Gasteiger partial charge on any atom is -0.503 e. The minimum absolute atomic E-state index is 0.0232. The van der Waals surface area contributed by atoms with Gasteiger partial charge < -0.3 is 14.6 Å². The van der Waals surface area contributed by atoms with Crippen LogP contribution in [0.3, 0.4) is 0 Å². The molecule has 0 aliphatic heterocycles. The highest BCUT2D eigenvalue weighted by atomic mass is 79.9. The van der Waals surface area contributed by atoms with Crippen molar-refractivity contribution in [2.45, 2.75) is 20.8 Å². The minimum atomic E-state index is -0.369. The molecule has 0 heterocycles. The third kappa shape index (κ3) is 5.23. The molecule has 2 aromatic rings. The van der Waals surface area contributed by atoms with E-state index in [0.29, 0.717) is 28.1 Å². The number of rotatable bonds is 7. The van der Waals surface area contributed by atoms with Crippen molar-refractivity contribution in [1.82, 2.24) is 5.43 Å². The molecule has 6 nitrogen and oxygen atoms in total. The summed E-state index contributed by atoms with van der Waals surface area (Å²) < 4.78 is 11.4. The predicted molar refractivity (Wildman–Crippen MR) is 104 cm³/mol. The van der Waals surface area contributed by atoms with E-state index in [-0.39, 0.29) is 18.3 Å². The highest BCUT2D eigenvalue weighted by molar-refractivity contribution is 9.10. The number of nitrogens with one attached hydrogen (secondary N) is 1. The van der Waals surface area contributed by atoms with Crippen LogP contribution < -0.4 is 14.9 Å². The Morgan fingerprint density at radius 2 is 1.96 bits per heavy atom. The number of hydrazone groups is 1. The molecule has 26 heavy (non-hydrogen) atoms. The first-order valence-corrected chi connectivity index (χ1v) is 8.88. The number of ether oxygens (including phenoxy) is 2. The molecule has 0 atom stereocenters. The first-order chi connectivity index (χ1) is 12.4. The molecule has 0 fully saturated rings. The number of carbonyl (C=O) groups is 1. The standard InChI is InChI=1S/C19H21BrN2O4/c1-4-25-16-9-14(8-15(20)18(16)24)10-21-22-17(23)11-26-19-12(2)6-5-7-13(19)3/h5-10,24H,4,11H2,1-3H3,(H,22,23)/b21-10+. The van der Waals surface area contributed by atoms with E-state index in [0.717, 1.165) is 11.1 Å². The lowest BCUT2D eigenvalue weighted by Crippen LogP contribution is -2.25. The largest absolute Gasteiger partial charge is 0.503 e. The van der Waals surface area contributed by atoms with Gasteiger partial charge in [0, 0.05) is 0 Å².